The Balaban J connectivity index is 1.48. The van der Waals surface area contributed by atoms with E-state index < -0.39 is 0 Å². The fourth-order valence-corrected chi connectivity index (χ4v) is 4.85. The fourth-order valence-electron chi connectivity index (χ4n) is 4.85. The number of rotatable bonds is 9. The molecule has 2 aliphatic rings. The Labute approximate surface area is 196 Å². The highest BCUT2D eigenvalue weighted by Gasteiger charge is 2.34. The first-order chi connectivity index (χ1) is 16.0. The number of nitrogens with zero attached hydrogens (tertiary/aromatic N) is 2. The van der Waals surface area contributed by atoms with Crippen LogP contribution in [-0.4, -0.2) is 60.2 Å². The molecule has 33 heavy (non-hydrogen) atoms. The molecule has 0 saturated carbocycles. The average molecular weight is 460 g/mol. The number of unbranched alkanes of at least 4 members (excludes halogenated alkanes) is 3. The maximum absolute atomic E-state index is 13.2. The molecule has 1 N–H and O–H groups in total. The van der Waals surface area contributed by atoms with Crippen LogP contribution in [0.25, 0.3) is 0 Å². The number of nitrogens with one attached hydrogen (secondary N) is 1. The second kappa shape index (κ2) is 12.7. The van der Waals surface area contributed by atoms with E-state index in [4.69, 9.17) is 0 Å². The largest absolute Gasteiger partial charge is 0.356 e. The Morgan fingerprint density at radius 1 is 0.939 bits per heavy atom. The van der Waals surface area contributed by atoms with Crippen molar-refractivity contribution in [1.29, 1.82) is 0 Å². The molecule has 3 rings (SSSR count). The molecule has 2 saturated heterocycles. The van der Waals surface area contributed by atoms with Crippen LogP contribution in [0.4, 0.5) is 4.39 Å². The van der Waals surface area contributed by atoms with Gasteiger partial charge in [0.2, 0.25) is 17.7 Å². The van der Waals surface area contributed by atoms with Gasteiger partial charge < -0.3 is 15.1 Å². The Morgan fingerprint density at radius 2 is 1.61 bits per heavy atom. The van der Waals surface area contributed by atoms with Crippen molar-refractivity contribution in [3.8, 4) is 0 Å². The number of piperidine rings is 2. The van der Waals surface area contributed by atoms with E-state index in [9.17, 15) is 18.8 Å². The molecule has 0 aromatic heterocycles. The maximum atomic E-state index is 13.2. The monoisotopic (exact) mass is 459 g/mol. The van der Waals surface area contributed by atoms with Crippen LogP contribution < -0.4 is 5.32 Å². The molecule has 2 aliphatic heterocycles. The predicted molar refractivity (Wildman–Crippen MR) is 126 cm³/mol. The summed E-state index contributed by atoms with van der Waals surface area (Å²) in [6, 6.07) is 5.98. The number of carbonyl (C=O) groups excluding carboxylic acids is 3. The van der Waals surface area contributed by atoms with Crippen molar-refractivity contribution in [2.45, 2.75) is 64.7 Å². The van der Waals surface area contributed by atoms with Crippen LogP contribution in [0.3, 0.4) is 0 Å². The molecular formula is C26H38FN3O3. The van der Waals surface area contributed by atoms with E-state index in [1.165, 1.54) is 25.0 Å². The Bertz CT molecular complexity index is 798. The van der Waals surface area contributed by atoms with E-state index in [2.05, 4.69) is 12.2 Å². The minimum absolute atomic E-state index is 0.0296. The molecule has 3 amide bonds. The van der Waals surface area contributed by atoms with Gasteiger partial charge in [-0.15, -0.1) is 0 Å². The lowest BCUT2D eigenvalue weighted by Crippen LogP contribution is -2.51. The Hall–Kier alpha value is -2.44. The SMILES string of the molecule is CCCCCCNC(=O)C1CCCN(C(=O)C2CCCN(C(=O)Cc3ccc(F)cc3)C2)C1. The van der Waals surface area contributed by atoms with Crippen molar-refractivity contribution in [1.82, 2.24) is 15.1 Å². The summed E-state index contributed by atoms with van der Waals surface area (Å²) < 4.78 is 13.1. The Morgan fingerprint density at radius 3 is 2.33 bits per heavy atom. The van der Waals surface area contributed by atoms with E-state index in [0.717, 1.165) is 44.1 Å². The molecule has 0 bridgehead atoms. The molecule has 7 heteroatoms. The van der Waals surface area contributed by atoms with Gasteiger partial charge in [-0.25, -0.2) is 4.39 Å². The quantitative estimate of drug-likeness (QED) is 0.574. The van der Waals surface area contributed by atoms with Crippen LogP contribution in [0.15, 0.2) is 24.3 Å². The highest BCUT2D eigenvalue weighted by molar-refractivity contribution is 5.84. The van der Waals surface area contributed by atoms with E-state index in [-0.39, 0.29) is 41.8 Å². The van der Waals surface area contributed by atoms with Crippen molar-refractivity contribution >= 4 is 17.7 Å². The lowest BCUT2D eigenvalue weighted by molar-refractivity contribution is -0.143. The molecule has 1 aromatic carbocycles. The van der Waals surface area contributed by atoms with Crippen LogP contribution in [-0.2, 0) is 20.8 Å². The maximum Gasteiger partial charge on any atom is 0.227 e. The fraction of sp³-hybridized carbons (Fsp3) is 0.654. The number of carbonyl (C=O) groups is 3. The van der Waals surface area contributed by atoms with Crippen molar-refractivity contribution in [3.05, 3.63) is 35.6 Å². The number of hydrogen-bond donors (Lipinski definition) is 1. The predicted octanol–water partition coefficient (Wildman–Crippen LogP) is 3.54. The van der Waals surface area contributed by atoms with Gasteiger partial charge in [-0.3, -0.25) is 14.4 Å². The van der Waals surface area contributed by atoms with Gasteiger partial charge in [-0.05, 0) is 49.8 Å². The molecule has 2 fully saturated rings. The molecule has 182 valence electrons. The summed E-state index contributed by atoms with van der Waals surface area (Å²) in [4.78, 5) is 42.2. The van der Waals surface area contributed by atoms with E-state index in [0.29, 0.717) is 32.7 Å². The van der Waals surface area contributed by atoms with Gasteiger partial charge in [0.25, 0.3) is 0 Å². The van der Waals surface area contributed by atoms with Crippen molar-refractivity contribution < 1.29 is 18.8 Å². The van der Waals surface area contributed by atoms with E-state index in [1.807, 2.05) is 4.90 Å². The molecule has 6 nitrogen and oxygen atoms in total. The molecule has 0 spiro atoms. The number of amides is 3. The average Bonchev–Trinajstić information content (AvgIpc) is 2.85. The minimum Gasteiger partial charge on any atom is -0.356 e. The standard InChI is InChI=1S/C26H38FN3O3/c1-2-3-4-5-14-28-25(32)21-8-6-16-30(18-21)26(33)22-9-7-15-29(19-22)24(31)17-20-10-12-23(27)13-11-20/h10-13,21-22H,2-9,14-19H2,1H3,(H,28,32). The number of benzene rings is 1. The highest BCUT2D eigenvalue weighted by atomic mass is 19.1. The number of likely N-dealkylation sites (tertiary alicyclic amines) is 2. The first-order valence-electron chi connectivity index (χ1n) is 12.6. The first-order valence-corrected chi connectivity index (χ1v) is 12.6. The lowest BCUT2D eigenvalue weighted by atomic mass is 9.92. The second-order valence-corrected chi connectivity index (χ2v) is 9.46. The summed E-state index contributed by atoms with van der Waals surface area (Å²) >= 11 is 0. The molecular weight excluding hydrogens is 421 g/mol. The van der Waals surface area contributed by atoms with Gasteiger partial charge in [-0.2, -0.15) is 0 Å². The normalized spacial score (nSPS) is 21.0. The van der Waals surface area contributed by atoms with Crippen molar-refractivity contribution in [3.63, 3.8) is 0 Å². The van der Waals surface area contributed by atoms with Crippen LogP contribution >= 0.6 is 0 Å². The summed E-state index contributed by atoms with van der Waals surface area (Å²) in [5.41, 5.74) is 0.773. The number of hydrogen-bond acceptors (Lipinski definition) is 3. The van der Waals surface area contributed by atoms with E-state index >= 15 is 0 Å². The van der Waals surface area contributed by atoms with Crippen LogP contribution in [0.1, 0.15) is 63.9 Å². The van der Waals surface area contributed by atoms with Crippen LogP contribution in [0, 0.1) is 17.7 Å². The van der Waals surface area contributed by atoms with Gasteiger partial charge in [0, 0.05) is 32.7 Å². The van der Waals surface area contributed by atoms with Gasteiger partial charge >= 0.3 is 0 Å². The summed E-state index contributed by atoms with van der Waals surface area (Å²) in [7, 11) is 0. The van der Waals surface area contributed by atoms with Crippen molar-refractivity contribution in [2.75, 3.05) is 32.7 Å². The summed E-state index contributed by atoms with van der Waals surface area (Å²) in [5, 5.41) is 3.05. The van der Waals surface area contributed by atoms with Gasteiger partial charge in [0.05, 0.1) is 18.3 Å². The third-order valence-corrected chi connectivity index (χ3v) is 6.83. The molecule has 0 aliphatic carbocycles. The van der Waals surface area contributed by atoms with Crippen LogP contribution in [0.5, 0.6) is 0 Å². The zero-order chi connectivity index (χ0) is 23.6. The van der Waals surface area contributed by atoms with Crippen molar-refractivity contribution in [2.24, 2.45) is 11.8 Å². The summed E-state index contributed by atoms with van der Waals surface area (Å²) in [6.45, 7) is 5.09. The van der Waals surface area contributed by atoms with Gasteiger partial charge in [0.1, 0.15) is 5.82 Å². The first kappa shape index (κ1) is 25.2. The topological polar surface area (TPSA) is 69.7 Å². The molecule has 2 atom stereocenters. The molecule has 2 heterocycles. The second-order valence-electron chi connectivity index (χ2n) is 9.46. The smallest absolute Gasteiger partial charge is 0.227 e. The Kier molecular flexibility index (Phi) is 9.70. The minimum atomic E-state index is -0.320. The molecule has 0 radical (unpaired) electrons. The molecule has 1 aromatic rings. The van der Waals surface area contributed by atoms with Gasteiger partial charge in [0.15, 0.2) is 0 Å². The lowest BCUT2D eigenvalue weighted by Gasteiger charge is -2.38. The third kappa shape index (κ3) is 7.54. The van der Waals surface area contributed by atoms with Gasteiger partial charge in [-0.1, -0.05) is 38.3 Å². The zero-order valence-electron chi connectivity index (χ0n) is 19.9. The van der Waals surface area contributed by atoms with E-state index in [1.54, 1.807) is 17.0 Å². The highest BCUT2D eigenvalue weighted by Crippen LogP contribution is 2.24. The number of halogens is 1. The molecule has 2 unspecified atom stereocenters. The zero-order valence-corrected chi connectivity index (χ0v) is 19.9. The van der Waals surface area contributed by atoms with Crippen LogP contribution in [0.2, 0.25) is 0 Å². The summed E-state index contributed by atoms with van der Waals surface area (Å²) in [5.74, 6) is -0.586. The summed E-state index contributed by atoms with van der Waals surface area (Å²) in [6.07, 6.45) is 7.91. The third-order valence-electron chi connectivity index (χ3n) is 6.83.